The molecule has 0 radical (unpaired) electrons. The van der Waals surface area contributed by atoms with Crippen LogP contribution in [0.25, 0.3) is 11.1 Å². The molecule has 0 aliphatic carbocycles. The lowest BCUT2D eigenvalue weighted by Gasteiger charge is -2.18. The minimum absolute atomic E-state index is 0.204. The molecule has 0 amide bonds. The van der Waals surface area contributed by atoms with Gasteiger partial charge in [0.1, 0.15) is 24.2 Å². The van der Waals surface area contributed by atoms with Gasteiger partial charge < -0.3 is 9.47 Å². The molecule has 0 fully saturated rings. The molecule has 4 nitrogen and oxygen atoms in total. The molecule has 0 aromatic heterocycles. The highest BCUT2D eigenvalue weighted by Crippen LogP contribution is 2.39. The molecular weight excluding hydrogens is 398 g/mol. The zero-order valence-electron chi connectivity index (χ0n) is 15.4. The van der Waals surface area contributed by atoms with Gasteiger partial charge >= 0.3 is 0 Å². The Hall–Kier alpha value is -3.19. The molecule has 1 aliphatic rings. The van der Waals surface area contributed by atoms with Crippen LogP contribution in [0.4, 0.5) is 8.78 Å². The smallest absolute Gasteiger partial charge is 0.175 e. The van der Waals surface area contributed by atoms with Gasteiger partial charge in [-0.15, -0.1) is 0 Å². The van der Waals surface area contributed by atoms with Crippen molar-refractivity contribution in [1.29, 1.82) is 0 Å². The molecule has 3 aromatic carbocycles. The molecule has 1 aliphatic heterocycles. The van der Waals surface area contributed by atoms with Crippen molar-refractivity contribution in [2.75, 3.05) is 6.26 Å². The van der Waals surface area contributed by atoms with E-state index in [1.807, 2.05) is 0 Å². The number of fused-ring (bicyclic) bond motifs is 1. The topological polar surface area (TPSA) is 52.6 Å². The lowest BCUT2D eigenvalue weighted by Crippen LogP contribution is -2.01. The highest BCUT2D eigenvalue weighted by Gasteiger charge is 2.17. The number of sulfone groups is 1. The van der Waals surface area contributed by atoms with Crippen LogP contribution in [0.1, 0.15) is 11.1 Å². The third-order valence-corrected chi connectivity index (χ3v) is 5.65. The second kappa shape index (κ2) is 7.33. The summed E-state index contributed by atoms with van der Waals surface area (Å²) in [6.45, 7) is 0. The van der Waals surface area contributed by atoms with Crippen molar-refractivity contribution >= 4 is 9.84 Å². The van der Waals surface area contributed by atoms with E-state index in [-0.39, 0.29) is 11.3 Å². The number of halogens is 2. The molecule has 0 bridgehead atoms. The third-order valence-electron chi connectivity index (χ3n) is 4.53. The predicted molar refractivity (Wildman–Crippen MR) is 105 cm³/mol. The van der Waals surface area contributed by atoms with Gasteiger partial charge in [-0.25, -0.2) is 17.2 Å². The van der Waals surface area contributed by atoms with E-state index in [0.29, 0.717) is 17.1 Å². The molecular formula is C22H16F2O4S. The van der Waals surface area contributed by atoms with E-state index in [2.05, 4.69) is 0 Å². The van der Waals surface area contributed by atoms with Crippen molar-refractivity contribution in [1.82, 2.24) is 0 Å². The Bertz CT molecular complexity index is 1200. The van der Waals surface area contributed by atoms with E-state index in [1.54, 1.807) is 24.3 Å². The molecule has 0 N–H and O–H groups in total. The molecule has 0 spiro atoms. The van der Waals surface area contributed by atoms with Crippen molar-refractivity contribution in [2.24, 2.45) is 0 Å². The van der Waals surface area contributed by atoms with Crippen molar-refractivity contribution in [2.45, 2.75) is 11.3 Å². The fraction of sp³-hybridized carbons (Fsp3) is 0.0909. The van der Waals surface area contributed by atoms with Gasteiger partial charge in [-0.05, 0) is 65.1 Å². The molecule has 0 saturated heterocycles. The van der Waals surface area contributed by atoms with Gasteiger partial charge in [0.25, 0.3) is 0 Å². The molecule has 148 valence electrons. The second-order valence-corrected chi connectivity index (χ2v) is 8.73. The number of rotatable bonds is 4. The lowest BCUT2D eigenvalue weighted by atomic mass is 9.94. The molecule has 7 heteroatoms. The Morgan fingerprint density at radius 2 is 1.41 bits per heavy atom. The van der Waals surface area contributed by atoms with Crippen LogP contribution in [0.2, 0.25) is 0 Å². The highest BCUT2D eigenvalue weighted by atomic mass is 32.2. The van der Waals surface area contributed by atoms with Crippen LogP contribution in [0, 0.1) is 11.6 Å². The third kappa shape index (κ3) is 4.14. The van der Waals surface area contributed by atoms with E-state index in [1.165, 1.54) is 36.8 Å². The van der Waals surface area contributed by atoms with Crippen LogP contribution in [-0.2, 0) is 16.3 Å². The van der Waals surface area contributed by atoms with E-state index in [0.717, 1.165) is 29.0 Å². The summed E-state index contributed by atoms with van der Waals surface area (Å²) in [6.07, 6.45) is 4.19. The fourth-order valence-electron chi connectivity index (χ4n) is 3.22. The number of hydrogen-bond acceptors (Lipinski definition) is 4. The molecule has 0 saturated carbocycles. The quantitative estimate of drug-likeness (QED) is 0.611. The summed E-state index contributed by atoms with van der Waals surface area (Å²) in [5, 5.41) is 0. The average Bonchev–Trinajstić information content (AvgIpc) is 2.66. The first-order chi connectivity index (χ1) is 13.8. The van der Waals surface area contributed by atoms with Crippen LogP contribution in [0.15, 0.2) is 72.0 Å². The molecule has 0 atom stereocenters. The van der Waals surface area contributed by atoms with Gasteiger partial charge in [0.15, 0.2) is 21.3 Å². The Kier molecular flexibility index (Phi) is 4.84. The van der Waals surface area contributed by atoms with Gasteiger partial charge in [-0.2, -0.15) is 0 Å². The van der Waals surface area contributed by atoms with Crippen molar-refractivity contribution in [3.05, 3.63) is 89.9 Å². The Labute approximate surface area is 166 Å². The number of ether oxygens (including phenoxy) is 2. The van der Waals surface area contributed by atoms with E-state index in [4.69, 9.17) is 9.47 Å². The maximum Gasteiger partial charge on any atom is 0.175 e. The first kappa shape index (κ1) is 19.1. The van der Waals surface area contributed by atoms with Crippen LogP contribution in [0.5, 0.6) is 11.5 Å². The fourth-order valence-corrected chi connectivity index (χ4v) is 3.85. The summed E-state index contributed by atoms with van der Waals surface area (Å²) in [5.41, 5.74) is 2.70. The van der Waals surface area contributed by atoms with Gasteiger partial charge in [0.05, 0.1) is 4.90 Å². The van der Waals surface area contributed by atoms with Crippen LogP contribution in [-0.4, -0.2) is 14.7 Å². The molecule has 0 unspecified atom stereocenters. The summed E-state index contributed by atoms with van der Waals surface area (Å²) in [4.78, 5) is 0.204. The van der Waals surface area contributed by atoms with E-state index in [9.17, 15) is 17.2 Å². The first-order valence-electron chi connectivity index (χ1n) is 8.70. The lowest BCUT2D eigenvalue weighted by molar-refractivity contribution is 0.361. The molecule has 3 aromatic rings. The first-order valence-corrected chi connectivity index (χ1v) is 10.6. The molecule has 29 heavy (non-hydrogen) atoms. The maximum atomic E-state index is 13.6. The van der Waals surface area contributed by atoms with Crippen LogP contribution < -0.4 is 9.47 Å². The average molecular weight is 414 g/mol. The van der Waals surface area contributed by atoms with Crippen molar-refractivity contribution in [3.63, 3.8) is 0 Å². The minimum Gasteiger partial charge on any atom is -0.458 e. The minimum atomic E-state index is -3.32. The van der Waals surface area contributed by atoms with Crippen LogP contribution >= 0.6 is 0 Å². The van der Waals surface area contributed by atoms with Crippen molar-refractivity contribution in [3.8, 4) is 22.6 Å². The zero-order valence-corrected chi connectivity index (χ0v) is 16.2. The van der Waals surface area contributed by atoms with Crippen LogP contribution in [0.3, 0.4) is 0 Å². The summed E-state index contributed by atoms with van der Waals surface area (Å²) >= 11 is 0. The largest absolute Gasteiger partial charge is 0.458 e. The Morgan fingerprint density at radius 1 is 0.828 bits per heavy atom. The normalized spacial score (nSPS) is 12.8. The van der Waals surface area contributed by atoms with E-state index < -0.39 is 21.5 Å². The molecule has 1 heterocycles. The zero-order chi connectivity index (χ0) is 20.6. The summed E-state index contributed by atoms with van der Waals surface area (Å²) in [7, 11) is -3.32. The monoisotopic (exact) mass is 414 g/mol. The van der Waals surface area contributed by atoms with Gasteiger partial charge in [-0.1, -0.05) is 12.1 Å². The maximum absolute atomic E-state index is 13.6. The van der Waals surface area contributed by atoms with Gasteiger partial charge in [-0.3, -0.25) is 0 Å². The second-order valence-electron chi connectivity index (χ2n) is 6.71. The summed E-state index contributed by atoms with van der Waals surface area (Å²) in [5.74, 6) is -0.334. The number of hydrogen-bond donors (Lipinski definition) is 0. The van der Waals surface area contributed by atoms with Gasteiger partial charge in [0.2, 0.25) is 0 Å². The SMILES string of the molecule is CS(=O)(=O)c1ccc(-c2cc3c(cc2Cc2cc(F)cc(F)c2)OC=CO3)cc1. The Balaban J connectivity index is 1.81. The summed E-state index contributed by atoms with van der Waals surface area (Å²) < 4.78 is 61.7. The highest BCUT2D eigenvalue weighted by molar-refractivity contribution is 7.90. The Morgan fingerprint density at radius 3 is 2.00 bits per heavy atom. The number of benzene rings is 3. The molecule has 4 rings (SSSR count). The van der Waals surface area contributed by atoms with Crippen molar-refractivity contribution < 1.29 is 26.7 Å². The summed E-state index contributed by atoms with van der Waals surface area (Å²) in [6, 6.07) is 13.3. The standard InChI is InChI=1S/C22H16F2O4S/c1-29(25,26)19-4-2-15(3-5-19)20-13-22-21(27-6-7-28-22)11-16(20)8-14-9-17(23)12-18(24)10-14/h2-7,9-13H,8H2,1H3. The van der Waals surface area contributed by atoms with Gasteiger partial charge in [0, 0.05) is 12.3 Å². The van der Waals surface area contributed by atoms with E-state index >= 15 is 0 Å². The predicted octanol–water partition coefficient (Wildman–Crippen LogP) is 4.87.